The third-order valence-corrected chi connectivity index (χ3v) is 8.62. The molecule has 0 radical (unpaired) electrons. The summed E-state index contributed by atoms with van der Waals surface area (Å²) >= 11 is 0. The largest absolute Gasteiger partial charge is 0.507 e. The number of rotatable bonds is 5. The molecule has 0 aromatic heterocycles. The maximum Gasteiger partial charge on any atom is 0.235 e. The van der Waals surface area contributed by atoms with Crippen molar-refractivity contribution in [2.75, 3.05) is 26.1 Å². The predicted octanol–water partition coefficient (Wildman–Crippen LogP) is 0.245. The molecule has 1 amide bonds. The number of phenols is 1. The molecule has 12 heteroatoms. The summed E-state index contributed by atoms with van der Waals surface area (Å²) < 4.78 is 6.02. The Morgan fingerprint density at radius 1 is 1.21 bits per heavy atom. The Bertz CT molecular complexity index is 1320. The summed E-state index contributed by atoms with van der Waals surface area (Å²) in [6, 6.07) is 1.77. The van der Waals surface area contributed by atoms with Gasteiger partial charge in [-0.2, -0.15) is 0 Å². The molecule has 0 spiro atoms. The number of nitrogens with two attached hydrogens (primary N) is 1. The van der Waals surface area contributed by atoms with Gasteiger partial charge in [0, 0.05) is 37.7 Å². The molecule has 3 aliphatic carbocycles. The number of Topliss-reactive ketones (excluding diaryl/α,β-unsaturated/α-hetero) is 4. The number of phenolic OH excluding ortho intramolecular Hbond substituents is 1. The molecule has 5 rings (SSSR count). The molecule has 4 N–H and O–H groups in total. The molecule has 1 aromatic carbocycles. The van der Waals surface area contributed by atoms with Crippen molar-refractivity contribution in [1.29, 1.82) is 0 Å². The summed E-state index contributed by atoms with van der Waals surface area (Å²) in [6.07, 6.45) is 1.65. The van der Waals surface area contributed by atoms with Gasteiger partial charge in [0.2, 0.25) is 5.91 Å². The highest BCUT2D eigenvalue weighted by atomic mass is 16.6. The van der Waals surface area contributed by atoms with Gasteiger partial charge >= 0.3 is 0 Å². The number of carbonyl (C=O) groups excluding carboxylic acids is 5. The van der Waals surface area contributed by atoms with Crippen LogP contribution in [0.15, 0.2) is 11.2 Å². The second kappa shape index (κ2) is 9.53. The van der Waals surface area contributed by atoms with Gasteiger partial charge in [-0.05, 0) is 43.2 Å². The molecule has 3 fully saturated rings. The molecule has 1 saturated heterocycles. The third-order valence-electron chi connectivity index (χ3n) is 8.62. The smallest absolute Gasteiger partial charge is 0.235 e. The summed E-state index contributed by atoms with van der Waals surface area (Å²) in [5.74, 6) is -10.3. The Balaban J connectivity index is 1.57. The normalized spacial score (nSPS) is 34.1. The summed E-state index contributed by atoms with van der Waals surface area (Å²) in [6.45, 7) is 0. The van der Waals surface area contributed by atoms with Crippen LogP contribution >= 0.6 is 0 Å². The first-order valence-electron chi connectivity index (χ1n) is 12.9. The van der Waals surface area contributed by atoms with Gasteiger partial charge in [0.05, 0.1) is 29.9 Å². The van der Waals surface area contributed by atoms with E-state index in [0.717, 1.165) is 0 Å². The van der Waals surface area contributed by atoms with Crippen LogP contribution in [-0.2, 0) is 35.2 Å². The lowest BCUT2D eigenvalue weighted by atomic mass is 9.53. The van der Waals surface area contributed by atoms with Gasteiger partial charge in [0.25, 0.3) is 0 Å². The lowest BCUT2D eigenvalue weighted by Gasteiger charge is -2.48. The summed E-state index contributed by atoms with van der Waals surface area (Å²) in [5, 5.41) is 26.5. The number of ether oxygens (including phenoxy) is 1. The molecule has 39 heavy (non-hydrogen) atoms. The lowest BCUT2D eigenvalue weighted by molar-refractivity contribution is -0.175. The van der Waals surface area contributed by atoms with Gasteiger partial charge < -0.3 is 30.4 Å². The van der Waals surface area contributed by atoms with Crippen molar-refractivity contribution >= 4 is 40.9 Å². The van der Waals surface area contributed by atoms with E-state index in [-0.39, 0.29) is 36.7 Å². The molecule has 208 valence electrons. The Morgan fingerprint density at radius 3 is 2.56 bits per heavy atom. The van der Waals surface area contributed by atoms with Gasteiger partial charge in [0.15, 0.2) is 34.7 Å². The molecule has 0 bridgehead atoms. The van der Waals surface area contributed by atoms with E-state index < -0.39 is 64.4 Å². The SMILES string of the molecule is CON=CC1CCC(c2cc(N(C)C)c3c(c2O)C(=O)C2C(=O)[C@]4(O)C(=O)C(C(N)=O)C(=O)C[C@@H]4C[C@@H]2C3)O1. The van der Waals surface area contributed by atoms with Crippen molar-refractivity contribution in [2.24, 2.45) is 34.6 Å². The number of anilines is 1. The molecule has 1 aromatic rings. The molecule has 2 saturated carbocycles. The van der Waals surface area contributed by atoms with Crippen LogP contribution in [0.2, 0.25) is 0 Å². The zero-order valence-electron chi connectivity index (χ0n) is 21.9. The van der Waals surface area contributed by atoms with E-state index in [1.54, 1.807) is 25.1 Å². The fourth-order valence-electron chi connectivity index (χ4n) is 6.81. The molecule has 4 unspecified atom stereocenters. The molecule has 7 atom stereocenters. The topological polar surface area (TPSA) is 186 Å². The average molecular weight is 542 g/mol. The van der Waals surface area contributed by atoms with Crippen LogP contribution < -0.4 is 10.6 Å². The second-order valence-corrected chi connectivity index (χ2v) is 11.0. The number of fused-ring (bicyclic) bond motifs is 3. The summed E-state index contributed by atoms with van der Waals surface area (Å²) in [4.78, 5) is 71.7. The number of ketones is 4. The van der Waals surface area contributed by atoms with E-state index in [1.165, 1.54) is 13.3 Å². The van der Waals surface area contributed by atoms with Gasteiger partial charge in [-0.25, -0.2) is 0 Å². The van der Waals surface area contributed by atoms with Crippen LogP contribution in [0.4, 0.5) is 5.69 Å². The first-order valence-corrected chi connectivity index (χ1v) is 12.9. The fourth-order valence-corrected chi connectivity index (χ4v) is 6.81. The van der Waals surface area contributed by atoms with Crippen LogP contribution in [-0.4, -0.2) is 78.4 Å². The second-order valence-electron chi connectivity index (χ2n) is 11.0. The molecular formula is C27H31N3O9. The number of benzene rings is 1. The van der Waals surface area contributed by atoms with Crippen molar-refractivity contribution in [3.8, 4) is 5.75 Å². The first kappa shape index (κ1) is 26.9. The Kier molecular flexibility index (Phi) is 6.58. The number of primary amides is 1. The minimum absolute atomic E-state index is 0.0443. The van der Waals surface area contributed by atoms with Crippen molar-refractivity contribution in [1.82, 2.24) is 0 Å². The highest BCUT2D eigenvalue weighted by molar-refractivity contribution is 6.31. The molecule has 1 heterocycles. The van der Waals surface area contributed by atoms with Crippen molar-refractivity contribution in [3.63, 3.8) is 0 Å². The van der Waals surface area contributed by atoms with Crippen molar-refractivity contribution in [2.45, 2.75) is 49.9 Å². The van der Waals surface area contributed by atoms with E-state index in [1.807, 2.05) is 0 Å². The van der Waals surface area contributed by atoms with Crippen LogP contribution in [0.5, 0.6) is 5.75 Å². The minimum Gasteiger partial charge on any atom is -0.507 e. The monoisotopic (exact) mass is 541 g/mol. The number of hydrogen-bond acceptors (Lipinski definition) is 11. The zero-order chi connectivity index (χ0) is 28.4. The maximum absolute atomic E-state index is 14.0. The van der Waals surface area contributed by atoms with E-state index >= 15 is 0 Å². The quantitative estimate of drug-likeness (QED) is 0.265. The summed E-state index contributed by atoms with van der Waals surface area (Å²) in [7, 11) is 5.01. The number of hydrogen-bond donors (Lipinski definition) is 3. The fraction of sp³-hybridized carbons (Fsp3) is 0.556. The molecule has 4 aliphatic rings. The van der Waals surface area contributed by atoms with Gasteiger partial charge in [-0.1, -0.05) is 5.16 Å². The standard InChI is InChI=1S/C27H31N3O9/c1-30(2)16-9-15(18-5-4-13(39-18)10-29-38-3)22(32)20-14(16)7-11-6-12-8-17(31)21(26(28)36)25(35)27(12,37)24(34)19(11)23(20)33/h9-13,18-19,21,32,37H,4-8H2,1-3H3,(H2,28,36)/t11-,12+,13?,18?,19?,21?,27+/m1/s1. The Morgan fingerprint density at radius 2 is 1.92 bits per heavy atom. The molecule has 1 aliphatic heterocycles. The number of oxime groups is 1. The molecular weight excluding hydrogens is 510 g/mol. The Hall–Kier alpha value is -3.64. The van der Waals surface area contributed by atoms with Crippen LogP contribution in [0, 0.1) is 23.7 Å². The number of aromatic hydroxyl groups is 1. The average Bonchev–Trinajstić information content (AvgIpc) is 3.33. The van der Waals surface area contributed by atoms with Crippen molar-refractivity contribution in [3.05, 3.63) is 22.8 Å². The van der Waals surface area contributed by atoms with Crippen LogP contribution in [0.25, 0.3) is 0 Å². The Labute approximate surface area is 224 Å². The van der Waals surface area contributed by atoms with Crippen LogP contribution in [0.3, 0.4) is 0 Å². The zero-order valence-corrected chi connectivity index (χ0v) is 21.9. The highest BCUT2D eigenvalue weighted by Crippen LogP contribution is 2.52. The van der Waals surface area contributed by atoms with E-state index in [0.29, 0.717) is 29.7 Å². The van der Waals surface area contributed by atoms with Gasteiger partial charge in [0.1, 0.15) is 12.9 Å². The van der Waals surface area contributed by atoms with Gasteiger partial charge in [-0.15, -0.1) is 0 Å². The predicted molar refractivity (Wildman–Crippen MR) is 135 cm³/mol. The number of aliphatic hydroxyl groups is 1. The summed E-state index contributed by atoms with van der Waals surface area (Å²) in [5.41, 5.74) is 4.11. The number of nitrogens with zero attached hydrogens (tertiary/aromatic N) is 2. The van der Waals surface area contributed by atoms with E-state index in [2.05, 4.69) is 5.16 Å². The number of amides is 1. The van der Waals surface area contributed by atoms with Crippen molar-refractivity contribution < 1.29 is 43.8 Å². The van der Waals surface area contributed by atoms with E-state index in [9.17, 15) is 34.2 Å². The van der Waals surface area contributed by atoms with Gasteiger partial charge in [-0.3, -0.25) is 24.0 Å². The number of carbonyl (C=O) groups is 5. The lowest BCUT2D eigenvalue weighted by Crippen LogP contribution is -2.68. The van der Waals surface area contributed by atoms with Crippen LogP contribution in [0.1, 0.15) is 53.3 Å². The van der Waals surface area contributed by atoms with E-state index in [4.69, 9.17) is 15.3 Å². The molecule has 12 nitrogen and oxygen atoms in total. The maximum atomic E-state index is 14.0. The highest BCUT2D eigenvalue weighted by Gasteiger charge is 2.66. The minimum atomic E-state index is -2.68. The third kappa shape index (κ3) is 3.96. The first-order chi connectivity index (χ1) is 18.4.